The Balaban J connectivity index is 1.43. The van der Waals surface area contributed by atoms with E-state index in [2.05, 4.69) is 10.3 Å². The van der Waals surface area contributed by atoms with Crippen molar-refractivity contribution in [2.45, 2.75) is 6.92 Å². The summed E-state index contributed by atoms with van der Waals surface area (Å²) in [5.41, 5.74) is 2.98. The van der Waals surface area contributed by atoms with Crippen LogP contribution in [0, 0.1) is 6.92 Å². The van der Waals surface area contributed by atoms with Crippen LogP contribution in [-0.2, 0) is 4.79 Å². The van der Waals surface area contributed by atoms with Crippen molar-refractivity contribution < 1.29 is 28.6 Å². The molecule has 0 N–H and O–H groups in total. The number of methoxy groups -OCH3 is 1. The molecule has 2 heterocycles. The Morgan fingerprint density at radius 3 is 2.50 bits per heavy atom. The van der Waals surface area contributed by atoms with Gasteiger partial charge in [-0.2, -0.15) is 0 Å². The number of Topliss-reactive ketones (excluding diaryl/α,β-unsaturated/α-hetero) is 1. The molecule has 38 heavy (non-hydrogen) atoms. The van der Waals surface area contributed by atoms with Gasteiger partial charge >= 0.3 is 5.69 Å². The molecule has 3 aromatic carbocycles. The van der Waals surface area contributed by atoms with Crippen molar-refractivity contribution in [3.63, 3.8) is 0 Å². The lowest BCUT2D eigenvalue weighted by atomic mass is 10.1. The Kier molecular flexibility index (Phi) is 7.05. The van der Waals surface area contributed by atoms with E-state index in [9.17, 15) is 14.7 Å². The molecular weight excluding hydrogens is 504 g/mol. The second kappa shape index (κ2) is 10.7. The minimum absolute atomic E-state index is 0.167. The highest BCUT2D eigenvalue weighted by Crippen LogP contribution is 2.30. The van der Waals surface area contributed by atoms with Crippen LogP contribution in [0.25, 0.3) is 11.8 Å². The number of para-hydroxylation sites is 1. The minimum atomic E-state index is -0.851. The van der Waals surface area contributed by atoms with Gasteiger partial charge in [-0.1, -0.05) is 54.2 Å². The summed E-state index contributed by atoms with van der Waals surface area (Å²) in [5, 5.41) is 16.5. The van der Waals surface area contributed by atoms with Gasteiger partial charge in [0.2, 0.25) is 11.5 Å². The van der Waals surface area contributed by atoms with E-state index in [1.54, 1.807) is 42.5 Å². The van der Waals surface area contributed by atoms with Crippen LogP contribution in [0.4, 0.5) is 5.69 Å². The van der Waals surface area contributed by atoms with Crippen LogP contribution < -0.4 is 19.4 Å². The summed E-state index contributed by atoms with van der Waals surface area (Å²) in [5.74, 6) is -1.23. The van der Waals surface area contributed by atoms with E-state index < -0.39 is 11.7 Å². The number of amidine groups is 1. The van der Waals surface area contributed by atoms with E-state index in [4.69, 9.17) is 9.26 Å². The second-order valence-corrected chi connectivity index (χ2v) is 9.23. The molecule has 0 saturated carbocycles. The van der Waals surface area contributed by atoms with Crippen LogP contribution in [0.15, 0.2) is 94.1 Å². The molecule has 190 valence electrons. The third kappa shape index (κ3) is 4.94. The molecule has 0 atom stereocenters. The Morgan fingerprint density at radius 2 is 1.79 bits per heavy atom. The van der Waals surface area contributed by atoms with Crippen molar-refractivity contribution in [1.29, 1.82) is 0 Å². The topological polar surface area (TPSA) is 112 Å². The number of thioether (sulfide) groups is 1. The normalized spacial score (nSPS) is 14.2. The summed E-state index contributed by atoms with van der Waals surface area (Å²) in [6.45, 7) is 1.95. The van der Waals surface area contributed by atoms with Crippen molar-refractivity contribution in [2.24, 2.45) is 4.99 Å². The summed E-state index contributed by atoms with van der Waals surface area (Å²) in [6, 6.07) is 23.4. The van der Waals surface area contributed by atoms with Gasteiger partial charge in [0.15, 0.2) is 11.1 Å². The van der Waals surface area contributed by atoms with Gasteiger partial charge in [0.25, 0.3) is 5.91 Å². The first-order chi connectivity index (χ1) is 18.5. The molecule has 1 aliphatic rings. The number of amides is 1. The van der Waals surface area contributed by atoms with Gasteiger partial charge in [0.1, 0.15) is 11.4 Å². The molecule has 0 unspecified atom stereocenters. The van der Waals surface area contributed by atoms with Crippen LogP contribution >= 0.6 is 11.8 Å². The van der Waals surface area contributed by atoms with E-state index in [1.807, 2.05) is 49.4 Å². The number of ether oxygens (including phenoxy) is 1. The highest BCUT2D eigenvalue weighted by atomic mass is 32.2. The Bertz CT molecular complexity index is 1560. The number of hydrogen-bond donors (Lipinski definition) is 0. The Labute approximate surface area is 222 Å². The summed E-state index contributed by atoms with van der Waals surface area (Å²) in [6.07, 6.45) is 1.73. The standard InChI is InChI=1S/C28H22N4O5S/c1-18-8-6-7-9-19(18)16-23-26(34)31(20-10-4-3-5-11-20)28(29-23)38-17-24(33)25-27(35)37-30-32(25)21-12-14-22(36-2)15-13-21/h3-16H,17H2,1-2H3/b23-16+. The van der Waals surface area contributed by atoms with Gasteiger partial charge in [-0.3, -0.25) is 14.5 Å². The number of ketones is 1. The number of aryl methyl sites for hydroxylation is 1. The molecule has 5 rings (SSSR count). The quantitative estimate of drug-likeness (QED) is 0.205. The molecule has 1 amide bonds. The van der Waals surface area contributed by atoms with E-state index in [0.717, 1.165) is 27.6 Å². The SMILES string of the molecule is COc1ccc(-[n+]2noc([O-])c2C(=O)CSC2=N/C(=C/c3ccccc3C)C(=O)N2c2ccccc2)cc1. The van der Waals surface area contributed by atoms with Crippen molar-refractivity contribution in [2.75, 3.05) is 17.8 Å². The van der Waals surface area contributed by atoms with E-state index in [0.29, 0.717) is 22.3 Å². The fraction of sp³-hybridized carbons (Fsp3) is 0.107. The smallest absolute Gasteiger partial charge is 0.307 e. The van der Waals surface area contributed by atoms with Gasteiger partial charge < -0.3 is 14.4 Å². The van der Waals surface area contributed by atoms with Crippen molar-refractivity contribution in [3.05, 3.63) is 101 Å². The molecule has 4 aromatic rings. The predicted molar refractivity (Wildman–Crippen MR) is 141 cm³/mol. The summed E-state index contributed by atoms with van der Waals surface area (Å²) < 4.78 is 11.1. The minimum Gasteiger partial charge on any atom is -0.539 e. The van der Waals surface area contributed by atoms with Gasteiger partial charge in [0, 0.05) is 12.1 Å². The summed E-state index contributed by atoms with van der Waals surface area (Å²) in [7, 11) is 1.54. The molecule has 1 aliphatic heterocycles. The highest BCUT2D eigenvalue weighted by molar-refractivity contribution is 8.14. The largest absolute Gasteiger partial charge is 0.539 e. The molecule has 10 heteroatoms. The predicted octanol–water partition coefficient (Wildman–Crippen LogP) is 3.70. The van der Waals surface area contributed by atoms with Crippen molar-refractivity contribution in [1.82, 2.24) is 5.27 Å². The highest BCUT2D eigenvalue weighted by Gasteiger charge is 2.34. The van der Waals surface area contributed by atoms with Crippen molar-refractivity contribution in [3.8, 4) is 17.4 Å². The Morgan fingerprint density at radius 1 is 1.08 bits per heavy atom. The second-order valence-electron chi connectivity index (χ2n) is 8.29. The van der Waals surface area contributed by atoms with Crippen LogP contribution in [0.2, 0.25) is 0 Å². The fourth-order valence-corrected chi connectivity index (χ4v) is 4.75. The van der Waals surface area contributed by atoms with Crippen LogP contribution in [0.3, 0.4) is 0 Å². The Hall–Kier alpha value is -4.70. The lowest BCUT2D eigenvalue weighted by Crippen LogP contribution is -2.39. The maximum absolute atomic E-state index is 13.4. The van der Waals surface area contributed by atoms with Gasteiger partial charge in [0.05, 0.1) is 23.8 Å². The van der Waals surface area contributed by atoms with E-state index in [1.165, 1.54) is 12.0 Å². The molecular formula is C28H22N4O5S. The zero-order chi connectivity index (χ0) is 26.6. The molecule has 0 bridgehead atoms. The van der Waals surface area contributed by atoms with Gasteiger partial charge in [-0.15, -0.1) is 0 Å². The number of carbonyl (C=O) groups excluding carboxylic acids is 2. The number of aromatic nitrogens is 2. The molecule has 1 aromatic heterocycles. The zero-order valence-electron chi connectivity index (χ0n) is 20.5. The van der Waals surface area contributed by atoms with Crippen molar-refractivity contribution >= 4 is 40.4 Å². The first-order valence-electron chi connectivity index (χ1n) is 11.6. The maximum Gasteiger partial charge on any atom is 0.307 e. The number of carbonyl (C=O) groups is 2. The average Bonchev–Trinajstić information content (AvgIpc) is 3.48. The average molecular weight is 527 g/mol. The third-order valence-electron chi connectivity index (χ3n) is 5.85. The summed E-state index contributed by atoms with van der Waals surface area (Å²) >= 11 is 1.06. The summed E-state index contributed by atoms with van der Waals surface area (Å²) in [4.78, 5) is 32.6. The monoisotopic (exact) mass is 526 g/mol. The van der Waals surface area contributed by atoms with Gasteiger partial charge in [-0.05, 0) is 53.1 Å². The third-order valence-corrected chi connectivity index (χ3v) is 6.79. The molecule has 0 aliphatic carbocycles. The van der Waals surface area contributed by atoms with Crippen LogP contribution in [0.5, 0.6) is 11.7 Å². The maximum atomic E-state index is 13.4. The molecule has 0 radical (unpaired) electrons. The lowest BCUT2D eigenvalue weighted by Gasteiger charge is -2.17. The van der Waals surface area contributed by atoms with Crippen LogP contribution in [-0.4, -0.2) is 35.0 Å². The number of hydrogen-bond acceptors (Lipinski definition) is 8. The molecule has 9 nitrogen and oxygen atoms in total. The van der Waals surface area contributed by atoms with E-state index >= 15 is 0 Å². The first kappa shape index (κ1) is 25.0. The number of aliphatic imine (C=N–C) groups is 1. The number of nitrogens with zero attached hydrogens (tertiary/aromatic N) is 4. The van der Waals surface area contributed by atoms with E-state index in [-0.39, 0.29) is 23.1 Å². The number of anilines is 1. The molecule has 0 fully saturated rings. The zero-order valence-corrected chi connectivity index (χ0v) is 21.3. The number of rotatable bonds is 7. The first-order valence-corrected chi connectivity index (χ1v) is 12.6. The lowest BCUT2D eigenvalue weighted by molar-refractivity contribution is -0.672. The molecule has 0 saturated heterocycles. The van der Waals surface area contributed by atoms with Crippen LogP contribution in [0.1, 0.15) is 21.6 Å². The number of benzene rings is 3. The molecule has 0 spiro atoms. The fourth-order valence-electron chi connectivity index (χ4n) is 3.87. The van der Waals surface area contributed by atoms with Gasteiger partial charge in [-0.25, -0.2) is 4.99 Å².